The lowest BCUT2D eigenvalue weighted by Crippen LogP contribution is -2.53. The maximum absolute atomic E-state index is 12.7. The summed E-state index contributed by atoms with van der Waals surface area (Å²) in [4.78, 5) is 15.9. The molecule has 1 aliphatic heterocycles. The zero-order valence-electron chi connectivity index (χ0n) is 15.1. The third-order valence-corrected chi connectivity index (χ3v) is 6.79. The summed E-state index contributed by atoms with van der Waals surface area (Å²) in [5, 5.41) is 9.61. The Hall–Kier alpha value is -1.66. The quantitative estimate of drug-likeness (QED) is 0.748. The lowest BCUT2D eigenvalue weighted by Gasteiger charge is -2.36. The predicted molar refractivity (Wildman–Crippen MR) is 99.1 cm³/mol. The molecule has 1 aromatic rings. The van der Waals surface area contributed by atoms with Crippen molar-refractivity contribution in [1.29, 1.82) is 5.26 Å². The summed E-state index contributed by atoms with van der Waals surface area (Å²) in [7, 11) is -1.96. The summed E-state index contributed by atoms with van der Waals surface area (Å²) in [6.45, 7) is 5.06. The second-order valence-electron chi connectivity index (χ2n) is 6.76. The van der Waals surface area contributed by atoms with E-state index in [9.17, 15) is 13.2 Å². The van der Waals surface area contributed by atoms with Crippen LogP contribution in [-0.2, 0) is 14.8 Å². The zero-order chi connectivity index (χ0) is 19.5. The van der Waals surface area contributed by atoms with E-state index in [0.29, 0.717) is 31.2 Å². The van der Waals surface area contributed by atoms with Gasteiger partial charge < -0.3 is 4.90 Å². The van der Waals surface area contributed by atoms with Crippen molar-refractivity contribution in [3.8, 4) is 6.07 Å². The van der Waals surface area contributed by atoms with Crippen LogP contribution in [0.2, 0.25) is 5.02 Å². The summed E-state index contributed by atoms with van der Waals surface area (Å²) in [5.41, 5.74) is -0.878. The van der Waals surface area contributed by atoms with Crippen molar-refractivity contribution in [2.75, 3.05) is 39.8 Å². The van der Waals surface area contributed by atoms with Crippen LogP contribution >= 0.6 is 11.6 Å². The number of hydrogen-bond donors (Lipinski definition) is 0. The van der Waals surface area contributed by atoms with E-state index in [2.05, 4.69) is 6.07 Å². The monoisotopic (exact) mass is 398 g/mol. The molecule has 0 aromatic heterocycles. The average molecular weight is 399 g/mol. The van der Waals surface area contributed by atoms with Crippen molar-refractivity contribution in [3.63, 3.8) is 0 Å². The zero-order valence-corrected chi connectivity index (χ0v) is 16.7. The van der Waals surface area contributed by atoms with Gasteiger partial charge in [0.15, 0.2) is 0 Å². The minimum absolute atomic E-state index is 0.162. The Labute approximate surface area is 159 Å². The topological polar surface area (TPSA) is 84.7 Å². The highest BCUT2D eigenvalue weighted by Gasteiger charge is 2.32. The van der Waals surface area contributed by atoms with Crippen LogP contribution in [0.4, 0.5) is 0 Å². The molecule has 0 saturated carbocycles. The SMILES string of the molecule is CN(C(=O)CN1CCN(S(=O)(=O)c2ccc(Cl)cc2)CC1)C(C)(C)C#N. The normalized spacial score (nSPS) is 16.9. The molecule has 0 radical (unpaired) electrons. The molecule has 1 aromatic carbocycles. The highest BCUT2D eigenvalue weighted by atomic mass is 35.5. The number of likely N-dealkylation sites (N-methyl/N-ethyl adjacent to an activating group) is 1. The van der Waals surface area contributed by atoms with Gasteiger partial charge >= 0.3 is 0 Å². The summed E-state index contributed by atoms with van der Waals surface area (Å²) in [6, 6.07) is 8.19. The van der Waals surface area contributed by atoms with Crippen LogP contribution in [0.1, 0.15) is 13.8 Å². The Morgan fingerprint density at radius 1 is 1.23 bits per heavy atom. The molecule has 0 unspecified atom stereocenters. The average Bonchev–Trinajstić information content (AvgIpc) is 2.61. The Bertz CT molecular complexity index is 794. The van der Waals surface area contributed by atoms with E-state index in [-0.39, 0.29) is 17.3 Å². The molecular weight excluding hydrogens is 376 g/mol. The van der Waals surface area contributed by atoms with Crippen LogP contribution in [-0.4, -0.2) is 73.7 Å². The van der Waals surface area contributed by atoms with Gasteiger partial charge in [0.1, 0.15) is 5.54 Å². The number of sulfonamides is 1. The summed E-state index contributed by atoms with van der Waals surface area (Å²) < 4.78 is 26.7. The van der Waals surface area contributed by atoms with Crippen molar-refractivity contribution in [3.05, 3.63) is 29.3 Å². The number of amides is 1. The lowest BCUT2D eigenvalue weighted by atomic mass is 10.1. The van der Waals surface area contributed by atoms with E-state index in [4.69, 9.17) is 16.9 Å². The third kappa shape index (κ3) is 4.54. The molecule has 9 heteroatoms. The van der Waals surface area contributed by atoms with E-state index < -0.39 is 15.6 Å². The van der Waals surface area contributed by atoms with Gasteiger partial charge in [0.2, 0.25) is 15.9 Å². The Balaban J connectivity index is 1.96. The van der Waals surface area contributed by atoms with Gasteiger partial charge in [0.05, 0.1) is 17.5 Å². The predicted octanol–water partition coefficient (Wildman–Crippen LogP) is 1.41. The number of carbonyl (C=O) groups is 1. The van der Waals surface area contributed by atoms with Crippen LogP contribution < -0.4 is 0 Å². The van der Waals surface area contributed by atoms with E-state index in [0.717, 1.165) is 0 Å². The Morgan fingerprint density at radius 2 is 1.77 bits per heavy atom. The van der Waals surface area contributed by atoms with Gasteiger partial charge in [-0.1, -0.05) is 11.6 Å². The van der Waals surface area contributed by atoms with E-state index in [1.54, 1.807) is 33.0 Å². The number of nitrogens with zero attached hydrogens (tertiary/aromatic N) is 4. The fourth-order valence-corrected chi connectivity index (χ4v) is 4.12. The molecule has 0 atom stereocenters. The first-order valence-electron chi connectivity index (χ1n) is 8.24. The maximum atomic E-state index is 12.7. The van der Waals surface area contributed by atoms with Crippen molar-refractivity contribution in [1.82, 2.24) is 14.1 Å². The van der Waals surface area contributed by atoms with Crippen molar-refractivity contribution in [2.45, 2.75) is 24.3 Å². The van der Waals surface area contributed by atoms with E-state index in [1.165, 1.54) is 21.3 Å². The molecule has 1 heterocycles. The van der Waals surface area contributed by atoms with Gasteiger partial charge in [-0.3, -0.25) is 9.69 Å². The van der Waals surface area contributed by atoms with E-state index >= 15 is 0 Å². The molecule has 0 bridgehead atoms. The number of nitriles is 1. The van der Waals surface area contributed by atoms with E-state index in [1.807, 2.05) is 4.90 Å². The smallest absolute Gasteiger partial charge is 0.243 e. The minimum Gasteiger partial charge on any atom is -0.326 e. The molecule has 142 valence electrons. The molecule has 7 nitrogen and oxygen atoms in total. The second kappa shape index (κ2) is 7.92. The molecule has 0 spiro atoms. The van der Waals surface area contributed by atoms with Crippen LogP contribution in [0.5, 0.6) is 0 Å². The largest absolute Gasteiger partial charge is 0.326 e. The van der Waals surface area contributed by atoms with Gasteiger partial charge in [-0.2, -0.15) is 9.57 Å². The highest BCUT2D eigenvalue weighted by Crippen LogP contribution is 2.20. The molecule has 1 amide bonds. The number of benzene rings is 1. The minimum atomic E-state index is -3.56. The van der Waals surface area contributed by atoms with Gasteiger partial charge in [0.25, 0.3) is 0 Å². The molecule has 1 aliphatic rings. The van der Waals surface area contributed by atoms with Gasteiger partial charge in [-0.15, -0.1) is 0 Å². The summed E-state index contributed by atoms with van der Waals surface area (Å²) in [6.07, 6.45) is 0. The molecule has 0 aliphatic carbocycles. The Kier molecular flexibility index (Phi) is 6.29. The van der Waals surface area contributed by atoms with Gasteiger partial charge in [-0.25, -0.2) is 8.42 Å². The van der Waals surface area contributed by atoms with Crippen LogP contribution in [0, 0.1) is 11.3 Å². The Morgan fingerprint density at radius 3 is 2.27 bits per heavy atom. The molecule has 2 rings (SSSR count). The van der Waals surface area contributed by atoms with Crippen molar-refractivity contribution in [2.24, 2.45) is 0 Å². The second-order valence-corrected chi connectivity index (χ2v) is 9.13. The first-order valence-corrected chi connectivity index (χ1v) is 10.1. The summed E-state index contributed by atoms with van der Waals surface area (Å²) in [5.74, 6) is -0.162. The first kappa shape index (κ1) is 20.6. The number of piperazine rings is 1. The lowest BCUT2D eigenvalue weighted by molar-refractivity contribution is -0.134. The number of rotatable bonds is 5. The maximum Gasteiger partial charge on any atom is 0.243 e. The number of hydrogen-bond acceptors (Lipinski definition) is 5. The van der Waals surface area contributed by atoms with Crippen molar-refractivity contribution >= 4 is 27.5 Å². The third-order valence-electron chi connectivity index (χ3n) is 4.63. The van der Waals surface area contributed by atoms with Gasteiger partial charge in [0, 0.05) is 38.2 Å². The van der Waals surface area contributed by atoms with Crippen molar-refractivity contribution < 1.29 is 13.2 Å². The van der Waals surface area contributed by atoms with Crippen LogP contribution in [0.15, 0.2) is 29.2 Å². The molecule has 1 fully saturated rings. The summed E-state index contributed by atoms with van der Waals surface area (Å²) >= 11 is 5.81. The standard InChI is InChI=1S/C17H23ClN4O3S/c1-17(2,13-19)20(3)16(23)12-21-8-10-22(11-9-21)26(24,25)15-6-4-14(18)5-7-15/h4-7H,8-12H2,1-3H3. The fourth-order valence-electron chi connectivity index (χ4n) is 2.57. The highest BCUT2D eigenvalue weighted by molar-refractivity contribution is 7.89. The first-order chi connectivity index (χ1) is 12.1. The van der Waals surface area contributed by atoms with Crippen LogP contribution in [0.3, 0.4) is 0 Å². The molecule has 26 heavy (non-hydrogen) atoms. The fraction of sp³-hybridized carbons (Fsp3) is 0.529. The van der Waals surface area contributed by atoms with Crippen LogP contribution in [0.25, 0.3) is 0 Å². The molecule has 1 saturated heterocycles. The molecule has 0 N–H and O–H groups in total. The number of carbonyl (C=O) groups excluding carboxylic acids is 1. The number of halogens is 1. The van der Waals surface area contributed by atoms with Gasteiger partial charge in [-0.05, 0) is 38.1 Å². The molecular formula is C17H23ClN4O3S.